The van der Waals surface area contributed by atoms with Gasteiger partial charge in [-0.1, -0.05) is 12.2 Å². The zero-order valence-electron chi connectivity index (χ0n) is 15.9. The molecule has 7 nitrogen and oxygen atoms in total. The van der Waals surface area contributed by atoms with Crippen molar-refractivity contribution in [3.05, 3.63) is 23.3 Å². The van der Waals surface area contributed by atoms with Crippen LogP contribution in [0.15, 0.2) is 12.1 Å². The first kappa shape index (κ1) is 20.8. The van der Waals surface area contributed by atoms with Crippen LogP contribution in [0, 0.1) is 0 Å². The molecule has 1 aromatic carbocycles. The molecule has 1 aromatic rings. The standard InChI is InChI=1S/C20H26O7/c1-12-7-6-10-15(22)14(21)9-5-4-8-13-18(20(24)27-12)16(23)11-17(25-2)19(13)26-3/h4,8,11-12,15,22-23H,5-7,9-10H2,1-3H3/b8-4-/t12-,15-/m0/s1. The van der Waals surface area contributed by atoms with Crippen LogP contribution in [0.5, 0.6) is 17.2 Å². The van der Waals surface area contributed by atoms with E-state index in [2.05, 4.69) is 0 Å². The molecule has 7 heteroatoms. The second kappa shape index (κ2) is 9.41. The second-order valence-electron chi connectivity index (χ2n) is 6.49. The Morgan fingerprint density at radius 1 is 1.19 bits per heavy atom. The lowest BCUT2D eigenvalue weighted by molar-refractivity contribution is -0.127. The van der Waals surface area contributed by atoms with E-state index in [4.69, 9.17) is 14.2 Å². The molecule has 0 aromatic heterocycles. The van der Waals surface area contributed by atoms with E-state index < -0.39 is 18.2 Å². The van der Waals surface area contributed by atoms with Crippen LogP contribution in [0.4, 0.5) is 0 Å². The first-order valence-electron chi connectivity index (χ1n) is 8.95. The molecule has 148 valence electrons. The number of carbonyl (C=O) groups is 2. The third-order valence-electron chi connectivity index (χ3n) is 4.50. The summed E-state index contributed by atoms with van der Waals surface area (Å²) in [5.74, 6) is -0.615. The monoisotopic (exact) mass is 378 g/mol. The van der Waals surface area contributed by atoms with Gasteiger partial charge in [0.05, 0.1) is 20.3 Å². The van der Waals surface area contributed by atoms with Crippen molar-refractivity contribution < 1.29 is 34.0 Å². The predicted octanol–water partition coefficient (Wildman–Crippen LogP) is 2.86. The quantitative estimate of drug-likeness (QED) is 0.763. The number of benzene rings is 1. The molecule has 1 heterocycles. The number of fused-ring (bicyclic) bond motifs is 1. The van der Waals surface area contributed by atoms with Crippen molar-refractivity contribution in [3.8, 4) is 17.2 Å². The number of aliphatic hydroxyl groups is 1. The summed E-state index contributed by atoms with van der Waals surface area (Å²) in [5, 5.41) is 20.3. The summed E-state index contributed by atoms with van der Waals surface area (Å²) in [7, 11) is 2.86. The smallest absolute Gasteiger partial charge is 0.342 e. The van der Waals surface area contributed by atoms with Crippen molar-refractivity contribution >= 4 is 17.8 Å². The number of cyclic esters (lactones) is 1. The fraction of sp³-hybridized carbons (Fsp3) is 0.500. The fourth-order valence-corrected chi connectivity index (χ4v) is 3.04. The zero-order valence-corrected chi connectivity index (χ0v) is 15.9. The molecule has 0 spiro atoms. The molecule has 2 N–H and O–H groups in total. The van der Waals surface area contributed by atoms with Gasteiger partial charge in [0.15, 0.2) is 17.3 Å². The number of methoxy groups -OCH3 is 2. The lowest BCUT2D eigenvalue weighted by atomic mass is 10.0. The Hall–Kier alpha value is -2.54. The molecule has 2 rings (SSSR count). The highest BCUT2D eigenvalue weighted by Crippen LogP contribution is 2.40. The van der Waals surface area contributed by atoms with Crippen LogP contribution in [0.2, 0.25) is 0 Å². The summed E-state index contributed by atoms with van der Waals surface area (Å²) in [5.41, 5.74) is 0.302. The first-order chi connectivity index (χ1) is 12.9. The summed E-state index contributed by atoms with van der Waals surface area (Å²) < 4.78 is 16.0. The molecule has 1 aliphatic rings. The van der Waals surface area contributed by atoms with E-state index in [1.54, 1.807) is 19.1 Å². The molecular weight excluding hydrogens is 352 g/mol. The van der Waals surface area contributed by atoms with Crippen LogP contribution in [-0.2, 0) is 9.53 Å². The highest BCUT2D eigenvalue weighted by atomic mass is 16.5. The number of ether oxygens (including phenoxy) is 3. The van der Waals surface area contributed by atoms with Crippen LogP contribution < -0.4 is 9.47 Å². The first-order valence-corrected chi connectivity index (χ1v) is 8.95. The van der Waals surface area contributed by atoms with Gasteiger partial charge in [-0.2, -0.15) is 0 Å². The highest BCUT2D eigenvalue weighted by molar-refractivity contribution is 5.98. The average molecular weight is 378 g/mol. The van der Waals surface area contributed by atoms with Gasteiger partial charge in [0.2, 0.25) is 0 Å². The number of esters is 1. The summed E-state index contributed by atoms with van der Waals surface area (Å²) in [6, 6.07) is 1.31. The Morgan fingerprint density at radius 2 is 1.93 bits per heavy atom. The number of phenols is 1. The van der Waals surface area contributed by atoms with Gasteiger partial charge in [-0.05, 0) is 32.6 Å². The fourth-order valence-electron chi connectivity index (χ4n) is 3.04. The summed E-state index contributed by atoms with van der Waals surface area (Å²) in [6.45, 7) is 1.73. The highest BCUT2D eigenvalue weighted by Gasteiger charge is 2.26. The Kier molecular flexibility index (Phi) is 7.24. The van der Waals surface area contributed by atoms with Crippen LogP contribution in [0.1, 0.15) is 54.9 Å². The van der Waals surface area contributed by atoms with Crippen molar-refractivity contribution in [1.29, 1.82) is 0 Å². The second-order valence-corrected chi connectivity index (χ2v) is 6.49. The number of aromatic hydroxyl groups is 1. The molecule has 0 amide bonds. The van der Waals surface area contributed by atoms with Gasteiger partial charge in [-0.3, -0.25) is 4.79 Å². The van der Waals surface area contributed by atoms with Gasteiger partial charge in [0, 0.05) is 18.1 Å². The Labute approximate surface area is 158 Å². The lowest BCUT2D eigenvalue weighted by Gasteiger charge is -2.19. The Bertz CT molecular complexity index is 724. The number of phenolic OH excluding ortho intramolecular Hbond substituents is 1. The van der Waals surface area contributed by atoms with E-state index in [1.807, 2.05) is 0 Å². The molecule has 0 saturated carbocycles. The van der Waals surface area contributed by atoms with Gasteiger partial charge in [0.25, 0.3) is 0 Å². The van der Waals surface area contributed by atoms with Gasteiger partial charge in [-0.15, -0.1) is 0 Å². The topological polar surface area (TPSA) is 102 Å². The lowest BCUT2D eigenvalue weighted by Crippen LogP contribution is -2.21. The van der Waals surface area contributed by atoms with Crippen LogP contribution in [0.3, 0.4) is 0 Å². The molecule has 27 heavy (non-hydrogen) atoms. The number of allylic oxidation sites excluding steroid dienone is 1. The number of rotatable bonds is 2. The van der Waals surface area contributed by atoms with Gasteiger partial charge in [0.1, 0.15) is 17.4 Å². The molecule has 1 aliphatic heterocycles. The minimum atomic E-state index is -1.00. The maximum Gasteiger partial charge on any atom is 0.342 e. The Morgan fingerprint density at radius 3 is 2.59 bits per heavy atom. The molecule has 0 fully saturated rings. The van der Waals surface area contributed by atoms with E-state index >= 15 is 0 Å². The van der Waals surface area contributed by atoms with Crippen molar-refractivity contribution in [2.75, 3.05) is 14.2 Å². The minimum absolute atomic E-state index is 0.0147. The summed E-state index contributed by atoms with van der Waals surface area (Å²) >= 11 is 0. The number of ketones is 1. The number of Topliss-reactive ketones (excluding diaryl/α,β-unsaturated/α-hetero) is 1. The van der Waals surface area contributed by atoms with E-state index in [-0.39, 0.29) is 35.0 Å². The molecule has 0 radical (unpaired) electrons. The van der Waals surface area contributed by atoms with Gasteiger partial charge >= 0.3 is 5.97 Å². The van der Waals surface area contributed by atoms with Crippen LogP contribution in [0.25, 0.3) is 6.08 Å². The third kappa shape index (κ3) is 5.01. The van der Waals surface area contributed by atoms with E-state index in [1.165, 1.54) is 20.3 Å². The third-order valence-corrected chi connectivity index (χ3v) is 4.50. The molecule has 0 aliphatic carbocycles. The van der Waals surface area contributed by atoms with Crippen molar-refractivity contribution in [2.45, 2.75) is 51.2 Å². The largest absolute Gasteiger partial charge is 0.507 e. The van der Waals surface area contributed by atoms with E-state index in [0.29, 0.717) is 31.2 Å². The van der Waals surface area contributed by atoms with E-state index in [9.17, 15) is 19.8 Å². The maximum absolute atomic E-state index is 12.7. The van der Waals surface area contributed by atoms with Crippen LogP contribution >= 0.6 is 0 Å². The number of hydrogen-bond acceptors (Lipinski definition) is 7. The molecular formula is C20H26O7. The molecule has 0 bridgehead atoms. The minimum Gasteiger partial charge on any atom is -0.507 e. The summed E-state index contributed by atoms with van der Waals surface area (Å²) in [6.07, 6.45) is 3.77. The van der Waals surface area contributed by atoms with Crippen LogP contribution in [-0.4, -0.2) is 48.4 Å². The summed E-state index contributed by atoms with van der Waals surface area (Å²) in [4.78, 5) is 24.7. The predicted molar refractivity (Wildman–Crippen MR) is 99.2 cm³/mol. The number of aliphatic hydroxyl groups excluding tert-OH is 1. The van der Waals surface area contributed by atoms with Gasteiger partial charge < -0.3 is 24.4 Å². The SMILES string of the molecule is COc1cc(O)c2c(c1OC)/C=C\CCC(=O)[C@@H](O)CCC[C@H](C)OC2=O. The Balaban J connectivity index is 2.50. The van der Waals surface area contributed by atoms with Crippen molar-refractivity contribution in [2.24, 2.45) is 0 Å². The van der Waals surface area contributed by atoms with Crippen molar-refractivity contribution in [1.82, 2.24) is 0 Å². The van der Waals surface area contributed by atoms with E-state index in [0.717, 1.165) is 0 Å². The molecule has 0 unspecified atom stereocenters. The number of carbonyl (C=O) groups excluding carboxylic acids is 2. The zero-order chi connectivity index (χ0) is 20.0. The molecule has 0 saturated heterocycles. The number of hydrogen-bond donors (Lipinski definition) is 2. The molecule has 2 atom stereocenters. The normalized spacial score (nSPS) is 23.0. The van der Waals surface area contributed by atoms with Crippen molar-refractivity contribution in [3.63, 3.8) is 0 Å². The maximum atomic E-state index is 12.7. The average Bonchev–Trinajstić information content (AvgIpc) is 2.63. The van der Waals surface area contributed by atoms with Gasteiger partial charge in [-0.25, -0.2) is 4.79 Å².